The van der Waals surface area contributed by atoms with Crippen LogP contribution in [0.15, 0.2) is 12.1 Å². The summed E-state index contributed by atoms with van der Waals surface area (Å²) in [4.78, 5) is 9.99. The SMILES string of the molecule is COc1cc(OC)c([N+](=O)[O-])cc1Cl. The van der Waals surface area contributed by atoms with Gasteiger partial charge in [-0.2, -0.15) is 0 Å². The molecule has 0 atom stereocenters. The number of halogens is 1. The lowest BCUT2D eigenvalue weighted by Gasteiger charge is -2.06. The first-order chi connectivity index (χ1) is 6.60. The van der Waals surface area contributed by atoms with Crippen molar-refractivity contribution in [2.24, 2.45) is 0 Å². The first-order valence-corrected chi connectivity index (χ1v) is 4.04. The minimum Gasteiger partial charge on any atom is -0.495 e. The van der Waals surface area contributed by atoms with E-state index in [0.29, 0.717) is 5.75 Å². The van der Waals surface area contributed by atoms with Crippen LogP contribution in [0.3, 0.4) is 0 Å². The smallest absolute Gasteiger partial charge is 0.312 e. The molecule has 0 bridgehead atoms. The molecule has 0 aromatic heterocycles. The Balaban J connectivity index is 3.31. The van der Waals surface area contributed by atoms with E-state index in [9.17, 15) is 10.1 Å². The molecule has 5 nitrogen and oxygen atoms in total. The number of methoxy groups -OCH3 is 2. The summed E-state index contributed by atoms with van der Waals surface area (Å²) in [6.45, 7) is 0. The highest BCUT2D eigenvalue weighted by Crippen LogP contribution is 2.36. The largest absolute Gasteiger partial charge is 0.495 e. The molecule has 76 valence electrons. The lowest BCUT2D eigenvalue weighted by atomic mass is 10.3. The van der Waals surface area contributed by atoms with Crippen LogP contribution in [0.25, 0.3) is 0 Å². The second kappa shape index (κ2) is 4.15. The van der Waals surface area contributed by atoms with Crippen molar-refractivity contribution in [1.82, 2.24) is 0 Å². The number of hydrogen-bond acceptors (Lipinski definition) is 4. The zero-order valence-corrected chi connectivity index (χ0v) is 8.37. The predicted molar refractivity (Wildman–Crippen MR) is 51.2 cm³/mol. The van der Waals surface area contributed by atoms with Crippen LogP contribution in [0, 0.1) is 10.1 Å². The van der Waals surface area contributed by atoms with Gasteiger partial charge in [-0.3, -0.25) is 10.1 Å². The molecule has 1 rings (SSSR count). The summed E-state index contributed by atoms with van der Waals surface area (Å²) in [6.07, 6.45) is 0. The van der Waals surface area contributed by atoms with Gasteiger partial charge in [0.05, 0.1) is 24.2 Å². The number of hydrogen-bond donors (Lipinski definition) is 0. The molecule has 0 aliphatic rings. The number of rotatable bonds is 3. The van der Waals surface area contributed by atoms with E-state index in [1.54, 1.807) is 0 Å². The van der Waals surface area contributed by atoms with E-state index in [0.717, 1.165) is 0 Å². The Kier molecular flexibility index (Phi) is 3.14. The van der Waals surface area contributed by atoms with Crippen molar-refractivity contribution >= 4 is 17.3 Å². The van der Waals surface area contributed by atoms with Crippen LogP contribution in [-0.2, 0) is 0 Å². The highest BCUT2D eigenvalue weighted by atomic mass is 35.5. The monoisotopic (exact) mass is 217 g/mol. The normalized spacial score (nSPS) is 9.64. The van der Waals surface area contributed by atoms with Gasteiger partial charge in [-0.1, -0.05) is 11.6 Å². The van der Waals surface area contributed by atoms with Gasteiger partial charge in [-0.15, -0.1) is 0 Å². The molecule has 14 heavy (non-hydrogen) atoms. The van der Waals surface area contributed by atoms with Crippen LogP contribution < -0.4 is 9.47 Å². The van der Waals surface area contributed by atoms with Gasteiger partial charge >= 0.3 is 5.69 Å². The van der Waals surface area contributed by atoms with Crippen LogP contribution in [-0.4, -0.2) is 19.1 Å². The highest BCUT2D eigenvalue weighted by molar-refractivity contribution is 6.32. The predicted octanol–water partition coefficient (Wildman–Crippen LogP) is 2.27. The second-order valence-electron chi connectivity index (χ2n) is 2.42. The molecular weight excluding hydrogens is 210 g/mol. The molecule has 0 spiro atoms. The standard InChI is InChI=1S/C8H8ClNO4/c1-13-7-4-8(14-2)6(10(11)12)3-5(7)9/h3-4H,1-2H3. The minimum atomic E-state index is -0.565. The fourth-order valence-corrected chi connectivity index (χ4v) is 1.22. The van der Waals surface area contributed by atoms with Crippen molar-refractivity contribution in [2.45, 2.75) is 0 Å². The van der Waals surface area contributed by atoms with Crippen molar-refractivity contribution in [3.63, 3.8) is 0 Å². The molecule has 1 aromatic carbocycles. The molecule has 0 saturated carbocycles. The van der Waals surface area contributed by atoms with Gasteiger partial charge in [0.25, 0.3) is 0 Å². The number of nitro benzene ring substituents is 1. The summed E-state index contributed by atoms with van der Waals surface area (Å²) in [5.74, 6) is 0.463. The van der Waals surface area contributed by atoms with E-state index in [2.05, 4.69) is 0 Å². The van der Waals surface area contributed by atoms with Crippen LogP contribution in [0.1, 0.15) is 0 Å². The van der Waals surface area contributed by atoms with E-state index < -0.39 is 4.92 Å². The van der Waals surface area contributed by atoms with Crippen molar-refractivity contribution in [1.29, 1.82) is 0 Å². The summed E-state index contributed by atoms with van der Waals surface area (Å²) in [5, 5.41) is 10.7. The second-order valence-corrected chi connectivity index (χ2v) is 2.82. The van der Waals surface area contributed by atoms with Crippen LogP contribution in [0.4, 0.5) is 5.69 Å². The van der Waals surface area contributed by atoms with Crippen LogP contribution in [0.5, 0.6) is 11.5 Å². The maximum absolute atomic E-state index is 10.6. The Hall–Kier alpha value is -1.49. The third-order valence-corrected chi connectivity index (χ3v) is 1.95. The Morgan fingerprint density at radius 2 is 1.86 bits per heavy atom. The van der Waals surface area contributed by atoms with Gasteiger partial charge in [0.1, 0.15) is 5.75 Å². The van der Waals surface area contributed by atoms with E-state index in [1.165, 1.54) is 26.4 Å². The molecule has 0 saturated heterocycles. The number of nitro groups is 1. The number of nitrogens with zero attached hydrogens (tertiary/aromatic N) is 1. The van der Waals surface area contributed by atoms with Gasteiger partial charge in [-0.25, -0.2) is 0 Å². The first kappa shape index (κ1) is 10.6. The molecule has 0 N–H and O–H groups in total. The van der Waals surface area contributed by atoms with E-state index >= 15 is 0 Å². The first-order valence-electron chi connectivity index (χ1n) is 3.66. The molecule has 0 aliphatic heterocycles. The average Bonchev–Trinajstić information content (AvgIpc) is 2.17. The molecule has 0 aliphatic carbocycles. The quantitative estimate of drug-likeness (QED) is 0.576. The topological polar surface area (TPSA) is 61.6 Å². The fraction of sp³-hybridized carbons (Fsp3) is 0.250. The van der Waals surface area contributed by atoms with Crippen molar-refractivity contribution in [3.8, 4) is 11.5 Å². The Morgan fingerprint density at radius 1 is 1.29 bits per heavy atom. The van der Waals surface area contributed by atoms with Crippen LogP contribution in [0.2, 0.25) is 5.02 Å². The highest BCUT2D eigenvalue weighted by Gasteiger charge is 2.18. The molecule has 0 fully saturated rings. The number of ether oxygens (including phenoxy) is 2. The zero-order chi connectivity index (χ0) is 10.7. The van der Waals surface area contributed by atoms with Crippen molar-refractivity contribution < 1.29 is 14.4 Å². The molecule has 1 aromatic rings. The van der Waals surface area contributed by atoms with Gasteiger partial charge in [0.15, 0.2) is 0 Å². The number of benzene rings is 1. The molecule has 0 unspecified atom stereocenters. The summed E-state index contributed by atoms with van der Waals surface area (Å²) >= 11 is 5.72. The van der Waals surface area contributed by atoms with Crippen LogP contribution >= 0.6 is 11.6 Å². The molecular formula is C8H8ClNO4. The van der Waals surface area contributed by atoms with E-state index in [4.69, 9.17) is 21.1 Å². The Labute approximate surface area is 85.3 Å². The molecule has 0 heterocycles. The van der Waals surface area contributed by atoms with Gasteiger partial charge in [-0.05, 0) is 0 Å². The summed E-state index contributed by atoms with van der Waals surface area (Å²) in [7, 11) is 2.77. The van der Waals surface area contributed by atoms with Crippen molar-refractivity contribution in [2.75, 3.05) is 14.2 Å². The fourth-order valence-electron chi connectivity index (χ4n) is 0.987. The maximum atomic E-state index is 10.6. The minimum absolute atomic E-state index is 0.122. The lowest BCUT2D eigenvalue weighted by Crippen LogP contribution is -1.95. The molecule has 6 heteroatoms. The van der Waals surface area contributed by atoms with E-state index in [1.807, 2.05) is 0 Å². The third kappa shape index (κ3) is 1.88. The molecule has 0 radical (unpaired) electrons. The van der Waals surface area contributed by atoms with Gasteiger partial charge in [0.2, 0.25) is 5.75 Å². The third-order valence-electron chi connectivity index (χ3n) is 1.65. The summed E-state index contributed by atoms with van der Waals surface area (Å²) in [5.41, 5.74) is -0.182. The maximum Gasteiger partial charge on any atom is 0.312 e. The van der Waals surface area contributed by atoms with Gasteiger partial charge < -0.3 is 9.47 Å². The molecule has 0 amide bonds. The zero-order valence-electron chi connectivity index (χ0n) is 7.61. The summed E-state index contributed by atoms with van der Waals surface area (Å²) < 4.78 is 9.71. The van der Waals surface area contributed by atoms with Gasteiger partial charge in [0, 0.05) is 12.1 Å². The van der Waals surface area contributed by atoms with Crippen molar-refractivity contribution in [3.05, 3.63) is 27.3 Å². The lowest BCUT2D eigenvalue weighted by molar-refractivity contribution is -0.385. The van der Waals surface area contributed by atoms with E-state index in [-0.39, 0.29) is 16.5 Å². The Morgan fingerprint density at radius 3 is 2.29 bits per heavy atom. The Bertz CT molecular complexity index is 367. The summed E-state index contributed by atoms with van der Waals surface area (Å²) in [6, 6.07) is 2.57. The average molecular weight is 218 g/mol.